The normalized spacial score (nSPS) is 10.2. The van der Waals surface area contributed by atoms with Gasteiger partial charge in [-0.2, -0.15) is 0 Å². The lowest BCUT2D eigenvalue weighted by Crippen LogP contribution is -2.50. The third-order valence-corrected chi connectivity index (χ3v) is 5.21. The van der Waals surface area contributed by atoms with Crippen LogP contribution in [-0.2, 0) is 9.47 Å². The Hall–Kier alpha value is -2.86. The van der Waals surface area contributed by atoms with E-state index in [-0.39, 0.29) is 25.0 Å². The van der Waals surface area contributed by atoms with Crippen molar-refractivity contribution in [2.24, 2.45) is 0 Å². The molecule has 0 unspecified atom stereocenters. The summed E-state index contributed by atoms with van der Waals surface area (Å²) in [6.45, 7) is 7.51. The summed E-state index contributed by atoms with van der Waals surface area (Å²) in [6.07, 6.45) is -1.33. The van der Waals surface area contributed by atoms with Crippen LogP contribution in [0.5, 0.6) is 0 Å². The average molecular weight is 481 g/mol. The summed E-state index contributed by atoms with van der Waals surface area (Å²) >= 11 is 2.39. The first-order valence-electron chi connectivity index (χ1n) is 9.96. The van der Waals surface area contributed by atoms with Crippen molar-refractivity contribution in [3.05, 3.63) is 47.8 Å². The van der Waals surface area contributed by atoms with Gasteiger partial charge in [-0.15, -0.1) is 0 Å². The molecule has 174 valence electrons. The van der Waals surface area contributed by atoms with Crippen LogP contribution in [0.3, 0.4) is 0 Å². The third-order valence-electron chi connectivity index (χ3n) is 3.75. The maximum atomic E-state index is 12.6. The molecule has 0 radical (unpaired) electrons. The number of ether oxygens (including phenoxy) is 2. The topological polar surface area (TPSA) is 109 Å². The summed E-state index contributed by atoms with van der Waals surface area (Å²) in [6, 6.07) is 11.1. The number of amides is 2. The highest BCUT2D eigenvalue weighted by Gasteiger charge is 2.29. The first kappa shape index (κ1) is 25.4. The minimum absolute atomic E-state index is 0.0799. The summed E-state index contributed by atoms with van der Waals surface area (Å²) in [5.74, 6) is 1.44. The number of nitrogens with one attached hydrogen (secondary N) is 2. The van der Waals surface area contributed by atoms with Gasteiger partial charge in [-0.25, -0.2) is 29.6 Å². The molecule has 0 aromatic carbocycles. The van der Waals surface area contributed by atoms with Gasteiger partial charge in [0.1, 0.15) is 23.4 Å². The Labute approximate surface area is 196 Å². The number of aromatic nitrogens is 2. The molecular formula is C20H28N6O4S2. The quantitative estimate of drug-likeness (QED) is 0.283. The van der Waals surface area contributed by atoms with Gasteiger partial charge in [0.25, 0.3) is 0 Å². The molecule has 2 N–H and O–H groups in total. The number of aryl methyl sites for hydroxylation is 2. The summed E-state index contributed by atoms with van der Waals surface area (Å²) in [7, 11) is 0. The van der Waals surface area contributed by atoms with E-state index in [2.05, 4.69) is 19.4 Å². The van der Waals surface area contributed by atoms with Gasteiger partial charge in [-0.05, 0) is 75.9 Å². The number of pyridine rings is 2. The fourth-order valence-corrected chi connectivity index (χ4v) is 3.76. The lowest BCUT2D eigenvalue weighted by Gasteiger charge is -2.32. The molecule has 0 aliphatic rings. The van der Waals surface area contributed by atoms with Crippen molar-refractivity contribution in [2.75, 3.05) is 34.4 Å². The van der Waals surface area contributed by atoms with Gasteiger partial charge >= 0.3 is 12.2 Å². The zero-order valence-corrected chi connectivity index (χ0v) is 20.2. The molecule has 0 spiro atoms. The molecule has 0 atom stereocenters. The number of carbonyl (C=O) groups is 2. The summed E-state index contributed by atoms with van der Waals surface area (Å²) in [5, 5.41) is 2.38. The number of hydrogen-bond acceptors (Lipinski definition) is 10. The van der Waals surface area contributed by atoms with E-state index in [1.54, 1.807) is 13.8 Å². The largest absolute Gasteiger partial charge is 0.448 e. The summed E-state index contributed by atoms with van der Waals surface area (Å²) in [4.78, 5) is 34.0. The van der Waals surface area contributed by atoms with Crippen molar-refractivity contribution < 1.29 is 19.1 Å². The highest BCUT2D eigenvalue weighted by atomic mass is 32.2. The SMILES string of the molecule is CCOC(=O)N(CSNc1cccc(C)n1)N(CSNc1cccc(C)n1)C(=O)OCC. The van der Waals surface area contributed by atoms with Crippen molar-refractivity contribution in [2.45, 2.75) is 27.7 Å². The smallest absolute Gasteiger partial charge is 0.429 e. The Kier molecular flexibility index (Phi) is 10.7. The van der Waals surface area contributed by atoms with E-state index in [9.17, 15) is 9.59 Å². The molecule has 2 heterocycles. The van der Waals surface area contributed by atoms with E-state index in [1.165, 1.54) is 33.9 Å². The molecule has 0 fully saturated rings. The molecule has 2 aromatic heterocycles. The van der Waals surface area contributed by atoms with Gasteiger partial charge in [0.05, 0.1) is 13.2 Å². The number of carbonyl (C=O) groups excluding carboxylic acids is 2. The van der Waals surface area contributed by atoms with Crippen molar-refractivity contribution >= 4 is 47.7 Å². The van der Waals surface area contributed by atoms with Crippen molar-refractivity contribution in [3.63, 3.8) is 0 Å². The highest BCUT2D eigenvalue weighted by Crippen LogP contribution is 2.18. The van der Waals surface area contributed by atoms with Crippen molar-refractivity contribution in [1.29, 1.82) is 0 Å². The molecule has 12 heteroatoms. The van der Waals surface area contributed by atoms with E-state index >= 15 is 0 Å². The predicted molar refractivity (Wildman–Crippen MR) is 128 cm³/mol. The molecule has 0 bridgehead atoms. The number of hydrogen-bond donors (Lipinski definition) is 2. The van der Waals surface area contributed by atoms with E-state index in [1.807, 2.05) is 50.2 Å². The Morgan fingerprint density at radius 3 is 1.56 bits per heavy atom. The van der Waals surface area contributed by atoms with E-state index in [4.69, 9.17) is 9.47 Å². The predicted octanol–water partition coefficient (Wildman–Crippen LogP) is 4.66. The van der Waals surface area contributed by atoms with Crippen LogP contribution in [0.1, 0.15) is 25.2 Å². The van der Waals surface area contributed by atoms with Crippen LogP contribution in [0, 0.1) is 13.8 Å². The Morgan fingerprint density at radius 1 is 0.812 bits per heavy atom. The molecule has 0 aliphatic carbocycles. The van der Waals surface area contributed by atoms with Crippen LogP contribution in [-0.4, -0.2) is 57.1 Å². The van der Waals surface area contributed by atoms with Crippen LogP contribution in [0.15, 0.2) is 36.4 Å². The monoisotopic (exact) mass is 480 g/mol. The van der Waals surface area contributed by atoms with E-state index in [0.717, 1.165) is 11.4 Å². The molecule has 0 aliphatic heterocycles. The van der Waals surface area contributed by atoms with Crippen molar-refractivity contribution in [1.82, 2.24) is 20.0 Å². The number of rotatable bonds is 10. The zero-order chi connectivity index (χ0) is 23.3. The fraction of sp³-hybridized carbons (Fsp3) is 0.400. The maximum Gasteiger partial charge on any atom is 0.429 e. The van der Waals surface area contributed by atoms with Crippen LogP contribution in [0.25, 0.3) is 0 Å². The Morgan fingerprint density at radius 2 is 1.22 bits per heavy atom. The minimum atomic E-state index is -0.665. The number of nitrogens with zero attached hydrogens (tertiary/aromatic N) is 4. The van der Waals surface area contributed by atoms with Gasteiger partial charge in [0.15, 0.2) is 0 Å². The number of anilines is 2. The first-order chi connectivity index (χ1) is 15.4. The summed E-state index contributed by atoms with van der Waals surface area (Å²) in [5.41, 5.74) is 1.72. The average Bonchev–Trinajstić information content (AvgIpc) is 2.75. The molecule has 2 amide bonds. The molecule has 2 aromatic rings. The molecular weight excluding hydrogens is 452 g/mol. The second kappa shape index (κ2) is 13.5. The van der Waals surface area contributed by atoms with Gasteiger partial charge in [0, 0.05) is 11.4 Å². The molecule has 32 heavy (non-hydrogen) atoms. The standard InChI is InChI=1S/C20H28N6O4S2/c1-5-29-19(27)25(13-31-23-17-11-7-9-15(3)21-17)26(20(28)30-6-2)14-32-24-18-12-8-10-16(4)22-18/h7-12H,5-6,13-14H2,1-4H3,(H,21,23)(H,22,24). The molecule has 0 saturated carbocycles. The van der Waals surface area contributed by atoms with Crippen LogP contribution in [0.2, 0.25) is 0 Å². The van der Waals surface area contributed by atoms with Gasteiger partial charge < -0.3 is 18.9 Å². The van der Waals surface area contributed by atoms with Crippen LogP contribution < -0.4 is 9.44 Å². The maximum absolute atomic E-state index is 12.6. The zero-order valence-electron chi connectivity index (χ0n) is 18.5. The fourth-order valence-electron chi connectivity index (χ4n) is 2.37. The number of hydrazine groups is 1. The first-order valence-corrected chi connectivity index (χ1v) is 11.9. The second-order valence-corrected chi connectivity index (χ2v) is 7.78. The molecule has 2 rings (SSSR count). The highest BCUT2D eigenvalue weighted by molar-refractivity contribution is 8.00. The van der Waals surface area contributed by atoms with Crippen LogP contribution in [0.4, 0.5) is 21.2 Å². The van der Waals surface area contributed by atoms with Gasteiger partial charge in [-0.1, -0.05) is 12.1 Å². The summed E-state index contributed by atoms with van der Waals surface area (Å²) < 4.78 is 16.5. The lowest BCUT2D eigenvalue weighted by atomic mass is 10.4. The second-order valence-electron chi connectivity index (χ2n) is 6.28. The Bertz CT molecular complexity index is 817. The van der Waals surface area contributed by atoms with E-state index < -0.39 is 12.2 Å². The van der Waals surface area contributed by atoms with Crippen molar-refractivity contribution in [3.8, 4) is 0 Å². The lowest BCUT2D eigenvalue weighted by molar-refractivity contribution is 0.00203. The van der Waals surface area contributed by atoms with Gasteiger partial charge in [0.2, 0.25) is 0 Å². The molecule has 0 saturated heterocycles. The van der Waals surface area contributed by atoms with Gasteiger partial charge in [-0.3, -0.25) is 0 Å². The van der Waals surface area contributed by atoms with Crippen LogP contribution >= 0.6 is 23.9 Å². The minimum Gasteiger partial charge on any atom is -0.448 e. The Balaban J connectivity index is 2.08. The molecule has 10 nitrogen and oxygen atoms in total. The third kappa shape index (κ3) is 8.35. The van der Waals surface area contributed by atoms with E-state index in [0.29, 0.717) is 11.6 Å².